The van der Waals surface area contributed by atoms with Crippen molar-refractivity contribution in [2.24, 2.45) is 0 Å². The summed E-state index contributed by atoms with van der Waals surface area (Å²) in [5.41, 5.74) is 2.63. The number of nitrogens with zero attached hydrogens (tertiary/aromatic N) is 4. The largest absolute Gasteiger partial charge is 0.493 e. The van der Waals surface area contributed by atoms with Gasteiger partial charge in [0.05, 0.1) is 19.4 Å². The van der Waals surface area contributed by atoms with E-state index in [4.69, 9.17) is 14.2 Å². The van der Waals surface area contributed by atoms with E-state index in [0.29, 0.717) is 46.9 Å². The molecular formula is C23H24N4O4S. The van der Waals surface area contributed by atoms with E-state index in [1.54, 1.807) is 12.0 Å². The molecule has 166 valence electrons. The predicted molar refractivity (Wildman–Crippen MR) is 122 cm³/mol. The SMILES string of the molecule is CCOc1ccc(C2Oc3nc(SC)nnc3-c3ccccc3N2C(=O)CC)cc1OC. The topological polar surface area (TPSA) is 86.7 Å². The molecule has 4 rings (SSSR count). The molecule has 0 spiro atoms. The predicted octanol–water partition coefficient (Wildman–Crippen LogP) is 4.50. The molecule has 1 aromatic heterocycles. The lowest BCUT2D eigenvalue weighted by molar-refractivity contribution is -0.120. The van der Waals surface area contributed by atoms with Crippen LogP contribution in [0.2, 0.25) is 0 Å². The van der Waals surface area contributed by atoms with Crippen LogP contribution in [0.3, 0.4) is 0 Å². The van der Waals surface area contributed by atoms with Crippen LogP contribution >= 0.6 is 11.8 Å². The van der Waals surface area contributed by atoms with Crippen LogP contribution in [0.25, 0.3) is 11.3 Å². The van der Waals surface area contributed by atoms with Gasteiger partial charge < -0.3 is 14.2 Å². The van der Waals surface area contributed by atoms with E-state index in [1.165, 1.54) is 11.8 Å². The van der Waals surface area contributed by atoms with Crippen molar-refractivity contribution in [2.45, 2.75) is 31.7 Å². The fourth-order valence-electron chi connectivity index (χ4n) is 3.57. The Morgan fingerprint density at radius 2 is 1.97 bits per heavy atom. The number of carbonyl (C=O) groups is 1. The number of carbonyl (C=O) groups excluding carboxylic acids is 1. The Bertz CT molecular complexity index is 1140. The summed E-state index contributed by atoms with van der Waals surface area (Å²) in [5, 5.41) is 9.04. The molecule has 0 N–H and O–H groups in total. The summed E-state index contributed by atoms with van der Waals surface area (Å²) in [5.74, 6) is 1.40. The number of hydrogen-bond acceptors (Lipinski definition) is 8. The quantitative estimate of drug-likeness (QED) is 0.505. The second-order valence-corrected chi connectivity index (χ2v) is 7.67. The normalized spacial score (nSPS) is 14.6. The first-order valence-corrected chi connectivity index (χ1v) is 11.5. The Hall–Kier alpha value is -3.33. The Labute approximate surface area is 190 Å². The van der Waals surface area contributed by atoms with Gasteiger partial charge in [-0.05, 0) is 37.4 Å². The summed E-state index contributed by atoms with van der Waals surface area (Å²) in [6, 6.07) is 13.1. The highest BCUT2D eigenvalue weighted by Crippen LogP contribution is 2.44. The second kappa shape index (κ2) is 9.44. The molecule has 32 heavy (non-hydrogen) atoms. The van der Waals surface area contributed by atoms with E-state index in [0.717, 1.165) is 11.1 Å². The van der Waals surface area contributed by atoms with Crippen LogP contribution in [-0.4, -0.2) is 41.1 Å². The summed E-state index contributed by atoms with van der Waals surface area (Å²) < 4.78 is 17.6. The number of anilines is 1. The van der Waals surface area contributed by atoms with Gasteiger partial charge in [-0.25, -0.2) is 0 Å². The molecule has 2 heterocycles. The minimum atomic E-state index is -0.777. The van der Waals surface area contributed by atoms with Gasteiger partial charge in [0.1, 0.15) is 0 Å². The Kier molecular flexibility index (Phi) is 6.45. The van der Waals surface area contributed by atoms with Crippen molar-refractivity contribution in [1.82, 2.24) is 15.2 Å². The van der Waals surface area contributed by atoms with Crippen LogP contribution in [-0.2, 0) is 4.79 Å². The zero-order chi connectivity index (χ0) is 22.7. The number of hydrogen-bond donors (Lipinski definition) is 0. The molecule has 2 aromatic carbocycles. The molecule has 0 radical (unpaired) electrons. The van der Waals surface area contributed by atoms with Crippen molar-refractivity contribution in [1.29, 1.82) is 0 Å². The average Bonchev–Trinajstić information content (AvgIpc) is 2.98. The molecule has 3 aromatic rings. The second-order valence-electron chi connectivity index (χ2n) is 6.90. The number of amides is 1. The summed E-state index contributed by atoms with van der Waals surface area (Å²) >= 11 is 1.37. The van der Waals surface area contributed by atoms with Crippen LogP contribution in [0, 0.1) is 0 Å². The first-order chi connectivity index (χ1) is 15.6. The van der Waals surface area contributed by atoms with E-state index < -0.39 is 6.23 Å². The summed E-state index contributed by atoms with van der Waals surface area (Å²) in [7, 11) is 1.58. The Morgan fingerprint density at radius 3 is 2.69 bits per heavy atom. The third kappa shape index (κ3) is 3.95. The zero-order valence-electron chi connectivity index (χ0n) is 18.4. The van der Waals surface area contributed by atoms with Gasteiger partial charge >= 0.3 is 0 Å². The fourth-order valence-corrected chi connectivity index (χ4v) is 3.87. The zero-order valence-corrected chi connectivity index (χ0v) is 19.2. The van der Waals surface area contributed by atoms with Crippen molar-refractivity contribution >= 4 is 23.4 Å². The number of benzene rings is 2. The van der Waals surface area contributed by atoms with E-state index in [-0.39, 0.29) is 5.91 Å². The van der Waals surface area contributed by atoms with Crippen LogP contribution in [0.4, 0.5) is 5.69 Å². The van der Waals surface area contributed by atoms with Gasteiger partial charge in [-0.1, -0.05) is 36.9 Å². The lowest BCUT2D eigenvalue weighted by Crippen LogP contribution is -2.37. The Balaban J connectivity index is 1.93. The lowest BCUT2D eigenvalue weighted by Gasteiger charge is -2.31. The molecule has 1 amide bonds. The van der Waals surface area contributed by atoms with E-state index in [9.17, 15) is 4.79 Å². The molecular weight excluding hydrogens is 428 g/mol. The average molecular weight is 453 g/mol. The molecule has 0 saturated heterocycles. The lowest BCUT2D eigenvalue weighted by atomic mass is 10.1. The molecule has 0 aliphatic carbocycles. The van der Waals surface area contributed by atoms with Crippen molar-refractivity contribution in [2.75, 3.05) is 24.9 Å². The highest BCUT2D eigenvalue weighted by atomic mass is 32.2. The van der Waals surface area contributed by atoms with Gasteiger partial charge in [0.2, 0.25) is 23.2 Å². The maximum absolute atomic E-state index is 13.2. The molecule has 0 saturated carbocycles. The van der Waals surface area contributed by atoms with Gasteiger partial charge in [0, 0.05) is 17.5 Å². The minimum absolute atomic E-state index is 0.0962. The van der Waals surface area contributed by atoms with Gasteiger partial charge in [-0.3, -0.25) is 9.69 Å². The first kappa shape index (κ1) is 21.9. The molecule has 0 bridgehead atoms. The number of methoxy groups -OCH3 is 1. The number of rotatable bonds is 6. The van der Waals surface area contributed by atoms with Crippen molar-refractivity contribution in [3.8, 4) is 28.6 Å². The summed E-state index contributed by atoms with van der Waals surface area (Å²) in [6.07, 6.45) is 1.39. The van der Waals surface area contributed by atoms with Crippen LogP contribution in [0.1, 0.15) is 32.1 Å². The van der Waals surface area contributed by atoms with Crippen LogP contribution < -0.4 is 19.1 Å². The maximum atomic E-state index is 13.2. The molecule has 8 nitrogen and oxygen atoms in total. The minimum Gasteiger partial charge on any atom is -0.493 e. The molecule has 1 atom stereocenters. The number of para-hydroxylation sites is 1. The number of aromatic nitrogens is 3. The van der Waals surface area contributed by atoms with Crippen molar-refractivity contribution in [3.05, 3.63) is 48.0 Å². The van der Waals surface area contributed by atoms with Gasteiger partial charge in [0.15, 0.2) is 17.2 Å². The van der Waals surface area contributed by atoms with Gasteiger partial charge in [-0.15, -0.1) is 10.2 Å². The number of fused-ring (bicyclic) bond motifs is 3. The first-order valence-electron chi connectivity index (χ1n) is 10.3. The molecule has 0 fully saturated rings. The fraction of sp³-hybridized carbons (Fsp3) is 0.304. The van der Waals surface area contributed by atoms with Gasteiger partial charge in [0.25, 0.3) is 0 Å². The van der Waals surface area contributed by atoms with E-state index in [1.807, 2.05) is 62.6 Å². The number of ether oxygens (including phenoxy) is 3. The van der Waals surface area contributed by atoms with Crippen LogP contribution in [0.15, 0.2) is 47.6 Å². The molecule has 1 aliphatic heterocycles. The smallest absolute Gasteiger partial charge is 0.247 e. The molecule has 1 unspecified atom stereocenters. The molecule has 1 aliphatic rings. The Morgan fingerprint density at radius 1 is 1.16 bits per heavy atom. The molecule has 9 heteroatoms. The third-order valence-corrected chi connectivity index (χ3v) is 5.58. The monoisotopic (exact) mass is 452 g/mol. The maximum Gasteiger partial charge on any atom is 0.247 e. The number of thioether (sulfide) groups is 1. The van der Waals surface area contributed by atoms with Crippen LogP contribution in [0.5, 0.6) is 17.4 Å². The summed E-state index contributed by atoms with van der Waals surface area (Å²) in [6.45, 7) is 4.24. The van der Waals surface area contributed by atoms with E-state index in [2.05, 4.69) is 15.2 Å². The third-order valence-electron chi connectivity index (χ3n) is 5.04. The van der Waals surface area contributed by atoms with Crippen molar-refractivity contribution in [3.63, 3.8) is 0 Å². The standard InChI is InChI=1S/C23H24N4O4S/c1-5-19(28)27-16-10-8-7-9-15(16)20-21(24-23(32-4)26-25-20)31-22(27)14-11-12-17(30-6-2)18(13-14)29-3/h7-13,22H,5-6H2,1-4H3. The highest BCUT2D eigenvalue weighted by molar-refractivity contribution is 7.98. The summed E-state index contributed by atoms with van der Waals surface area (Å²) in [4.78, 5) is 19.4. The van der Waals surface area contributed by atoms with E-state index >= 15 is 0 Å². The van der Waals surface area contributed by atoms with Gasteiger partial charge in [-0.2, -0.15) is 4.98 Å². The van der Waals surface area contributed by atoms with Crippen molar-refractivity contribution < 1.29 is 19.0 Å². The highest BCUT2D eigenvalue weighted by Gasteiger charge is 2.35.